The first-order valence-corrected chi connectivity index (χ1v) is 3.69. The normalized spacial score (nSPS) is 24.3. The van der Waals surface area contributed by atoms with E-state index in [2.05, 4.69) is 5.10 Å². The topological polar surface area (TPSA) is 58.7 Å². The Balaban J connectivity index is 2.67. The van der Waals surface area contributed by atoms with Crippen molar-refractivity contribution in [3.05, 3.63) is 0 Å². The molecule has 4 nitrogen and oxygen atoms in total. The van der Waals surface area contributed by atoms with Crippen LogP contribution in [0.25, 0.3) is 0 Å². The highest BCUT2D eigenvalue weighted by Gasteiger charge is 2.29. The summed E-state index contributed by atoms with van der Waals surface area (Å²) < 4.78 is 0. The summed E-state index contributed by atoms with van der Waals surface area (Å²) in [5, 5.41) is 5.40. The van der Waals surface area contributed by atoms with Crippen molar-refractivity contribution in [2.45, 2.75) is 13.3 Å². The number of nitrogens with two attached hydrogens (primary N) is 1. The van der Waals surface area contributed by atoms with Gasteiger partial charge in [0.25, 0.3) is 5.91 Å². The van der Waals surface area contributed by atoms with Crippen molar-refractivity contribution in [2.75, 3.05) is 13.6 Å². The zero-order valence-electron chi connectivity index (χ0n) is 6.87. The van der Waals surface area contributed by atoms with Gasteiger partial charge in [-0.1, -0.05) is 0 Å². The lowest BCUT2D eigenvalue weighted by atomic mass is 10.0. The van der Waals surface area contributed by atoms with Crippen LogP contribution in [0.3, 0.4) is 0 Å². The maximum atomic E-state index is 11.3. The van der Waals surface area contributed by atoms with E-state index in [0.29, 0.717) is 13.0 Å². The summed E-state index contributed by atoms with van der Waals surface area (Å²) >= 11 is 0. The Bertz CT molecular complexity index is 200. The van der Waals surface area contributed by atoms with Gasteiger partial charge < -0.3 is 5.73 Å². The molecular weight excluding hydrogens is 142 g/mol. The summed E-state index contributed by atoms with van der Waals surface area (Å²) in [7, 11) is 1.67. The molecule has 0 saturated carbocycles. The van der Waals surface area contributed by atoms with Gasteiger partial charge in [0.1, 0.15) is 0 Å². The van der Waals surface area contributed by atoms with Gasteiger partial charge in [-0.3, -0.25) is 4.79 Å². The number of carbonyl (C=O) groups excluding carboxylic acids is 1. The van der Waals surface area contributed by atoms with Gasteiger partial charge in [-0.15, -0.1) is 0 Å². The average molecular weight is 155 g/mol. The van der Waals surface area contributed by atoms with Crippen LogP contribution in [-0.2, 0) is 4.79 Å². The van der Waals surface area contributed by atoms with Crippen molar-refractivity contribution < 1.29 is 4.79 Å². The van der Waals surface area contributed by atoms with Crippen LogP contribution in [0.2, 0.25) is 0 Å². The molecule has 1 aliphatic heterocycles. The predicted octanol–water partition coefficient (Wildman–Crippen LogP) is -0.201. The Kier molecular flexibility index (Phi) is 2.24. The van der Waals surface area contributed by atoms with Gasteiger partial charge in [-0.2, -0.15) is 5.10 Å². The van der Waals surface area contributed by atoms with E-state index in [1.165, 1.54) is 5.01 Å². The van der Waals surface area contributed by atoms with Crippen molar-refractivity contribution in [3.8, 4) is 0 Å². The molecule has 1 unspecified atom stereocenters. The number of hydrogen-bond acceptors (Lipinski definition) is 3. The van der Waals surface area contributed by atoms with Gasteiger partial charge in [0, 0.05) is 12.8 Å². The van der Waals surface area contributed by atoms with E-state index in [1.807, 2.05) is 6.92 Å². The van der Waals surface area contributed by atoms with E-state index in [-0.39, 0.29) is 11.8 Å². The second-order valence-corrected chi connectivity index (χ2v) is 2.73. The third kappa shape index (κ3) is 1.40. The number of rotatable bonds is 2. The fourth-order valence-corrected chi connectivity index (χ4v) is 1.26. The maximum Gasteiger partial charge on any atom is 0.251 e. The molecule has 0 aromatic rings. The van der Waals surface area contributed by atoms with Crippen LogP contribution in [0, 0.1) is 5.92 Å². The Hall–Kier alpha value is -0.900. The fourth-order valence-electron chi connectivity index (χ4n) is 1.26. The van der Waals surface area contributed by atoms with Crippen LogP contribution in [0.4, 0.5) is 0 Å². The minimum absolute atomic E-state index is 0.0629. The molecule has 0 aliphatic carbocycles. The molecule has 11 heavy (non-hydrogen) atoms. The second-order valence-electron chi connectivity index (χ2n) is 2.73. The second kappa shape index (κ2) is 3.00. The van der Waals surface area contributed by atoms with Gasteiger partial charge in [0.15, 0.2) is 0 Å². The number of amides is 1. The van der Waals surface area contributed by atoms with Gasteiger partial charge in [-0.05, 0) is 19.9 Å². The first kappa shape index (κ1) is 8.20. The molecule has 0 fully saturated rings. The Morgan fingerprint density at radius 1 is 1.73 bits per heavy atom. The lowest BCUT2D eigenvalue weighted by Crippen LogP contribution is -2.26. The highest BCUT2D eigenvalue weighted by molar-refractivity contribution is 6.06. The lowest BCUT2D eigenvalue weighted by molar-refractivity contribution is -0.130. The minimum Gasteiger partial charge on any atom is -0.330 e. The van der Waals surface area contributed by atoms with Crippen LogP contribution >= 0.6 is 0 Å². The van der Waals surface area contributed by atoms with Crippen LogP contribution in [0.5, 0.6) is 0 Å². The SMILES string of the molecule is CC1=NN(C)C(=O)C1CCN. The molecule has 1 rings (SSSR count). The number of hydrazone groups is 1. The predicted molar refractivity (Wildman–Crippen MR) is 43.0 cm³/mol. The average Bonchev–Trinajstić information content (AvgIpc) is 2.17. The minimum atomic E-state index is -0.0648. The fraction of sp³-hybridized carbons (Fsp3) is 0.714. The monoisotopic (exact) mass is 155 g/mol. The zero-order valence-corrected chi connectivity index (χ0v) is 6.87. The van der Waals surface area contributed by atoms with E-state index >= 15 is 0 Å². The largest absolute Gasteiger partial charge is 0.330 e. The molecule has 1 aliphatic rings. The van der Waals surface area contributed by atoms with Crippen molar-refractivity contribution in [2.24, 2.45) is 16.8 Å². The Morgan fingerprint density at radius 3 is 2.73 bits per heavy atom. The van der Waals surface area contributed by atoms with Crippen LogP contribution in [-0.4, -0.2) is 30.2 Å². The van der Waals surface area contributed by atoms with Crippen molar-refractivity contribution in [3.63, 3.8) is 0 Å². The lowest BCUT2D eigenvalue weighted by Gasteiger charge is -2.07. The molecule has 1 atom stereocenters. The maximum absolute atomic E-state index is 11.3. The standard InChI is InChI=1S/C7H13N3O/c1-5-6(3-4-8)7(11)10(2)9-5/h6H,3-4,8H2,1-2H3. The van der Waals surface area contributed by atoms with E-state index in [4.69, 9.17) is 5.73 Å². The molecule has 0 aromatic heterocycles. The molecule has 0 spiro atoms. The first-order chi connectivity index (χ1) is 5.16. The van der Waals surface area contributed by atoms with E-state index in [9.17, 15) is 4.79 Å². The third-order valence-corrected chi connectivity index (χ3v) is 1.88. The summed E-state index contributed by atoms with van der Waals surface area (Å²) in [6.07, 6.45) is 0.707. The number of carbonyl (C=O) groups is 1. The van der Waals surface area contributed by atoms with Crippen molar-refractivity contribution in [1.29, 1.82) is 0 Å². The zero-order chi connectivity index (χ0) is 8.43. The molecule has 0 bridgehead atoms. The summed E-state index contributed by atoms with van der Waals surface area (Å²) in [6, 6.07) is 0. The van der Waals surface area contributed by atoms with Gasteiger partial charge in [0.05, 0.1) is 5.92 Å². The molecular formula is C7H13N3O. The smallest absolute Gasteiger partial charge is 0.251 e. The molecule has 0 aromatic carbocycles. The van der Waals surface area contributed by atoms with Crippen molar-refractivity contribution >= 4 is 11.6 Å². The highest BCUT2D eigenvalue weighted by Crippen LogP contribution is 2.16. The highest BCUT2D eigenvalue weighted by atomic mass is 16.2. The third-order valence-electron chi connectivity index (χ3n) is 1.88. The molecule has 0 radical (unpaired) electrons. The summed E-state index contributed by atoms with van der Waals surface area (Å²) in [5.74, 6) is -0.00190. The molecule has 4 heteroatoms. The summed E-state index contributed by atoms with van der Waals surface area (Å²) in [5.41, 5.74) is 6.23. The van der Waals surface area contributed by atoms with Gasteiger partial charge >= 0.3 is 0 Å². The molecule has 62 valence electrons. The Labute approximate surface area is 66.0 Å². The van der Waals surface area contributed by atoms with E-state index in [0.717, 1.165) is 5.71 Å². The van der Waals surface area contributed by atoms with Crippen LogP contribution in [0.1, 0.15) is 13.3 Å². The van der Waals surface area contributed by atoms with Crippen molar-refractivity contribution in [1.82, 2.24) is 5.01 Å². The molecule has 2 N–H and O–H groups in total. The summed E-state index contributed by atoms with van der Waals surface area (Å²) in [4.78, 5) is 11.3. The Morgan fingerprint density at radius 2 is 2.36 bits per heavy atom. The number of nitrogens with zero attached hydrogens (tertiary/aromatic N) is 2. The van der Waals surface area contributed by atoms with Gasteiger partial charge in [0.2, 0.25) is 0 Å². The van der Waals surface area contributed by atoms with Crippen LogP contribution < -0.4 is 5.73 Å². The molecule has 1 amide bonds. The quantitative estimate of drug-likeness (QED) is 0.600. The molecule has 1 heterocycles. The van der Waals surface area contributed by atoms with Crippen LogP contribution in [0.15, 0.2) is 5.10 Å². The van der Waals surface area contributed by atoms with E-state index < -0.39 is 0 Å². The van der Waals surface area contributed by atoms with E-state index in [1.54, 1.807) is 7.05 Å². The first-order valence-electron chi connectivity index (χ1n) is 3.69. The van der Waals surface area contributed by atoms with Gasteiger partial charge in [-0.25, -0.2) is 5.01 Å². The number of hydrogen-bond donors (Lipinski definition) is 1. The summed E-state index contributed by atoms with van der Waals surface area (Å²) in [6.45, 7) is 2.40. The molecule has 0 saturated heterocycles.